The summed E-state index contributed by atoms with van der Waals surface area (Å²) in [5.41, 5.74) is 10.1. The number of rotatable bonds is 4. The van der Waals surface area contributed by atoms with Gasteiger partial charge in [-0.05, 0) is 86.3 Å². The van der Waals surface area contributed by atoms with E-state index in [4.69, 9.17) is 14.4 Å². The SMILES string of the molecule is c1cc(-c2nc3ccccc3o2)cc(-c2cc(-c3cccc4ccccc34)nc3ccc(-c4cccc5ccccc45)cc23)c1. The second kappa shape index (κ2) is 10.3. The Balaban J connectivity index is 1.29. The van der Waals surface area contributed by atoms with E-state index in [1.807, 2.05) is 24.3 Å². The molecule has 210 valence electrons. The van der Waals surface area contributed by atoms with Gasteiger partial charge in [-0.25, -0.2) is 9.97 Å². The van der Waals surface area contributed by atoms with Crippen LogP contribution in [0, 0.1) is 0 Å². The van der Waals surface area contributed by atoms with Gasteiger partial charge in [0.2, 0.25) is 5.89 Å². The normalized spacial score (nSPS) is 11.6. The van der Waals surface area contributed by atoms with Gasteiger partial charge in [-0.1, -0.05) is 115 Å². The summed E-state index contributed by atoms with van der Waals surface area (Å²) >= 11 is 0. The number of fused-ring (bicyclic) bond motifs is 4. The molecule has 0 unspecified atom stereocenters. The van der Waals surface area contributed by atoms with E-state index in [2.05, 4.69) is 133 Å². The largest absolute Gasteiger partial charge is 0.436 e. The number of hydrogen-bond acceptors (Lipinski definition) is 3. The number of nitrogens with zero attached hydrogens (tertiary/aromatic N) is 2. The Hall–Kier alpha value is -6.06. The zero-order valence-electron chi connectivity index (χ0n) is 24.3. The van der Waals surface area contributed by atoms with Crippen LogP contribution in [0.4, 0.5) is 0 Å². The van der Waals surface area contributed by atoms with Gasteiger partial charge in [-0.15, -0.1) is 0 Å². The van der Waals surface area contributed by atoms with Gasteiger partial charge < -0.3 is 4.42 Å². The standard InChI is InChI=1S/C42H26N2O/c1-3-16-32-27(10-1)12-8-18-34(32)30-22-23-38-37(25-30)36(26-40(43-38)35-19-9-13-28-11-2-4-17-33(28)35)29-14-7-15-31(24-29)42-44-39-20-5-6-21-41(39)45-42/h1-26H. The second-order valence-electron chi connectivity index (χ2n) is 11.4. The van der Waals surface area contributed by atoms with Gasteiger partial charge >= 0.3 is 0 Å². The summed E-state index contributed by atoms with van der Waals surface area (Å²) in [5.74, 6) is 0.613. The predicted octanol–water partition coefficient (Wildman–Crippen LogP) is 11.4. The first-order chi connectivity index (χ1) is 22.3. The molecule has 0 saturated heterocycles. The predicted molar refractivity (Wildman–Crippen MR) is 186 cm³/mol. The number of benzene rings is 7. The van der Waals surface area contributed by atoms with Crippen molar-refractivity contribution < 1.29 is 4.42 Å². The van der Waals surface area contributed by atoms with Crippen LogP contribution in [0.25, 0.3) is 88.5 Å². The summed E-state index contributed by atoms with van der Waals surface area (Å²) in [5, 5.41) is 5.94. The van der Waals surface area contributed by atoms with E-state index in [1.54, 1.807) is 0 Å². The van der Waals surface area contributed by atoms with Gasteiger partial charge in [0.15, 0.2) is 5.58 Å². The van der Waals surface area contributed by atoms with Crippen molar-refractivity contribution in [3.05, 3.63) is 158 Å². The number of oxazole rings is 1. The fourth-order valence-corrected chi connectivity index (χ4v) is 6.51. The van der Waals surface area contributed by atoms with Crippen LogP contribution >= 0.6 is 0 Å². The lowest BCUT2D eigenvalue weighted by Crippen LogP contribution is -1.92. The highest BCUT2D eigenvalue weighted by Gasteiger charge is 2.15. The molecule has 0 N–H and O–H groups in total. The fraction of sp³-hybridized carbons (Fsp3) is 0. The summed E-state index contributed by atoms with van der Waals surface area (Å²) in [6.07, 6.45) is 0. The zero-order valence-corrected chi connectivity index (χ0v) is 24.3. The first-order valence-electron chi connectivity index (χ1n) is 15.2. The van der Waals surface area contributed by atoms with E-state index >= 15 is 0 Å². The molecule has 3 heteroatoms. The fourth-order valence-electron chi connectivity index (χ4n) is 6.51. The highest BCUT2D eigenvalue weighted by Crippen LogP contribution is 2.39. The van der Waals surface area contributed by atoms with E-state index in [0.29, 0.717) is 5.89 Å². The lowest BCUT2D eigenvalue weighted by atomic mass is 9.92. The molecule has 0 amide bonds. The number of para-hydroxylation sites is 2. The molecule has 2 aromatic heterocycles. The minimum atomic E-state index is 0.613. The highest BCUT2D eigenvalue weighted by atomic mass is 16.3. The second-order valence-corrected chi connectivity index (χ2v) is 11.4. The van der Waals surface area contributed by atoms with E-state index in [9.17, 15) is 0 Å². The van der Waals surface area contributed by atoms with Gasteiger partial charge in [-0.2, -0.15) is 0 Å². The first kappa shape index (κ1) is 25.4. The van der Waals surface area contributed by atoms with Crippen molar-refractivity contribution >= 4 is 43.5 Å². The van der Waals surface area contributed by atoms with Gasteiger partial charge in [0.1, 0.15) is 5.52 Å². The van der Waals surface area contributed by atoms with Gasteiger partial charge in [-0.3, -0.25) is 0 Å². The third-order valence-electron chi connectivity index (χ3n) is 8.69. The van der Waals surface area contributed by atoms with E-state index in [1.165, 1.54) is 27.1 Å². The van der Waals surface area contributed by atoms with Crippen molar-refractivity contribution in [1.82, 2.24) is 9.97 Å². The number of aromatic nitrogens is 2. The smallest absolute Gasteiger partial charge is 0.227 e. The van der Waals surface area contributed by atoms with Gasteiger partial charge in [0.05, 0.1) is 11.2 Å². The molecular formula is C42H26N2O. The third kappa shape index (κ3) is 4.37. The van der Waals surface area contributed by atoms with E-state index < -0.39 is 0 Å². The van der Waals surface area contributed by atoms with Crippen molar-refractivity contribution in [1.29, 1.82) is 0 Å². The Kier molecular flexibility index (Phi) is 5.82. The molecule has 9 rings (SSSR count). The van der Waals surface area contributed by atoms with Crippen molar-refractivity contribution in [3.8, 4) is 45.0 Å². The van der Waals surface area contributed by atoms with Crippen LogP contribution in [0.5, 0.6) is 0 Å². The highest BCUT2D eigenvalue weighted by molar-refractivity contribution is 6.04. The molecule has 7 aromatic carbocycles. The Morgan fingerprint density at radius 3 is 1.84 bits per heavy atom. The maximum Gasteiger partial charge on any atom is 0.227 e. The van der Waals surface area contributed by atoms with Crippen LogP contribution in [-0.2, 0) is 0 Å². The van der Waals surface area contributed by atoms with Gasteiger partial charge in [0, 0.05) is 16.5 Å². The van der Waals surface area contributed by atoms with Crippen molar-refractivity contribution in [2.24, 2.45) is 0 Å². The topological polar surface area (TPSA) is 38.9 Å². The van der Waals surface area contributed by atoms with Crippen LogP contribution in [0.15, 0.2) is 162 Å². The van der Waals surface area contributed by atoms with Crippen molar-refractivity contribution in [3.63, 3.8) is 0 Å². The molecule has 0 aliphatic carbocycles. The molecular weight excluding hydrogens is 548 g/mol. The molecule has 2 heterocycles. The van der Waals surface area contributed by atoms with Crippen LogP contribution < -0.4 is 0 Å². The molecule has 0 fully saturated rings. The Morgan fingerprint density at radius 2 is 1.02 bits per heavy atom. The average molecular weight is 575 g/mol. The molecule has 0 radical (unpaired) electrons. The quantitative estimate of drug-likeness (QED) is 0.210. The number of hydrogen-bond donors (Lipinski definition) is 0. The molecule has 45 heavy (non-hydrogen) atoms. The van der Waals surface area contributed by atoms with Crippen LogP contribution in [0.1, 0.15) is 0 Å². The molecule has 9 aromatic rings. The molecule has 0 aliphatic rings. The monoisotopic (exact) mass is 574 g/mol. The Morgan fingerprint density at radius 1 is 0.378 bits per heavy atom. The lowest BCUT2D eigenvalue weighted by molar-refractivity contribution is 0.620. The molecule has 3 nitrogen and oxygen atoms in total. The minimum Gasteiger partial charge on any atom is -0.436 e. The van der Waals surface area contributed by atoms with Crippen LogP contribution in [0.3, 0.4) is 0 Å². The molecule has 0 bridgehead atoms. The summed E-state index contributed by atoms with van der Waals surface area (Å²) in [6, 6.07) is 55.3. The molecule has 0 spiro atoms. The third-order valence-corrected chi connectivity index (χ3v) is 8.69. The molecule has 0 saturated carbocycles. The Labute approximate surface area is 260 Å². The zero-order chi connectivity index (χ0) is 29.7. The van der Waals surface area contributed by atoms with Crippen molar-refractivity contribution in [2.45, 2.75) is 0 Å². The lowest BCUT2D eigenvalue weighted by Gasteiger charge is -2.14. The maximum absolute atomic E-state index is 6.17. The Bertz CT molecular complexity index is 2520. The van der Waals surface area contributed by atoms with E-state index in [-0.39, 0.29) is 0 Å². The van der Waals surface area contributed by atoms with Crippen LogP contribution in [-0.4, -0.2) is 9.97 Å². The first-order valence-corrected chi connectivity index (χ1v) is 15.2. The molecule has 0 atom stereocenters. The summed E-state index contributed by atoms with van der Waals surface area (Å²) in [4.78, 5) is 10.0. The van der Waals surface area contributed by atoms with Crippen LogP contribution in [0.2, 0.25) is 0 Å². The summed E-state index contributed by atoms with van der Waals surface area (Å²) in [7, 11) is 0. The average Bonchev–Trinajstić information content (AvgIpc) is 3.55. The molecule has 0 aliphatic heterocycles. The van der Waals surface area contributed by atoms with E-state index in [0.717, 1.165) is 55.5 Å². The maximum atomic E-state index is 6.17. The number of pyridine rings is 1. The summed E-state index contributed by atoms with van der Waals surface area (Å²) in [6.45, 7) is 0. The van der Waals surface area contributed by atoms with Crippen molar-refractivity contribution in [2.75, 3.05) is 0 Å². The van der Waals surface area contributed by atoms with Gasteiger partial charge in [0.25, 0.3) is 0 Å². The minimum absolute atomic E-state index is 0.613. The summed E-state index contributed by atoms with van der Waals surface area (Å²) < 4.78 is 6.17.